The molecule has 0 radical (unpaired) electrons. The monoisotopic (exact) mass is 395 g/mol. The number of benzene rings is 1. The minimum absolute atomic E-state index is 0.000252. The molecule has 1 aliphatic rings. The number of carbonyl (C=O) groups excluding carboxylic acids is 1. The van der Waals surface area contributed by atoms with Gasteiger partial charge in [-0.3, -0.25) is 9.59 Å². The maximum Gasteiger partial charge on any atom is 0.287 e. The van der Waals surface area contributed by atoms with Crippen LogP contribution < -0.4 is 16.1 Å². The number of para-hydroxylation sites is 1. The molecule has 2 aromatic heterocycles. The first-order valence-corrected chi connectivity index (χ1v) is 9.99. The first kappa shape index (κ1) is 19.3. The number of aromatic nitrogens is 3. The number of carbonyl (C=O) groups is 1. The molecule has 1 aliphatic heterocycles. The zero-order valence-electron chi connectivity index (χ0n) is 16.6. The Morgan fingerprint density at radius 3 is 2.93 bits per heavy atom. The lowest BCUT2D eigenvalue weighted by atomic mass is 10.0. The molecule has 2 N–H and O–H groups in total. The number of hydrogen-bond acceptors (Lipinski definition) is 6. The Balaban J connectivity index is 1.65. The molecule has 3 aromatic rings. The van der Waals surface area contributed by atoms with E-state index in [1.54, 1.807) is 24.3 Å². The van der Waals surface area contributed by atoms with Gasteiger partial charge in [-0.25, -0.2) is 0 Å². The van der Waals surface area contributed by atoms with Crippen molar-refractivity contribution in [3.63, 3.8) is 0 Å². The van der Waals surface area contributed by atoms with E-state index in [1.165, 1.54) is 6.07 Å². The maximum absolute atomic E-state index is 13.0. The minimum Gasteiger partial charge on any atom is -0.451 e. The fourth-order valence-corrected chi connectivity index (χ4v) is 3.70. The van der Waals surface area contributed by atoms with Gasteiger partial charge < -0.3 is 19.6 Å². The van der Waals surface area contributed by atoms with Crippen LogP contribution in [-0.4, -0.2) is 33.8 Å². The van der Waals surface area contributed by atoms with Crippen molar-refractivity contribution in [3.8, 4) is 0 Å². The second-order valence-electron chi connectivity index (χ2n) is 7.75. The standard InChI is InChI=1S/C21H25N5O3/c1-13(2)11-15(20-25-24-19-7-8-22-9-10-26(19)20)23-21(28)18-12-16(27)14-5-3-4-6-17(14)29-18/h3-6,12-13,15,22H,7-11H2,1-2H3,(H,23,28)/t15-/m1/s1. The Morgan fingerprint density at radius 1 is 1.28 bits per heavy atom. The second kappa shape index (κ2) is 8.16. The van der Waals surface area contributed by atoms with Gasteiger partial charge in [0.1, 0.15) is 11.4 Å². The van der Waals surface area contributed by atoms with E-state index in [-0.39, 0.29) is 17.2 Å². The fraction of sp³-hybridized carbons (Fsp3) is 0.429. The zero-order chi connectivity index (χ0) is 20.4. The smallest absolute Gasteiger partial charge is 0.287 e. The molecule has 4 rings (SSSR count). The number of amides is 1. The van der Waals surface area contributed by atoms with Crippen molar-refractivity contribution in [2.75, 3.05) is 13.1 Å². The summed E-state index contributed by atoms with van der Waals surface area (Å²) in [4.78, 5) is 25.3. The Labute approximate surface area is 168 Å². The van der Waals surface area contributed by atoms with Gasteiger partial charge >= 0.3 is 0 Å². The SMILES string of the molecule is CC(C)C[C@@H](NC(=O)c1cc(=O)c2ccccc2o1)c1nnc2n1CCNCC2. The molecule has 0 fully saturated rings. The van der Waals surface area contributed by atoms with Gasteiger partial charge in [0.15, 0.2) is 17.0 Å². The van der Waals surface area contributed by atoms with E-state index in [1.807, 2.05) is 0 Å². The van der Waals surface area contributed by atoms with Crippen LogP contribution in [0.2, 0.25) is 0 Å². The lowest BCUT2D eigenvalue weighted by molar-refractivity contribution is 0.0901. The summed E-state index contributed by atoms with van der Waals surface area (Å²) < 4.78 is 7.78. The van der Waals surface area contributed by atoms with E-state index in [0.717, 1.165) is 37.7 Å². The molecular weight excluding hydrogens is 370 g/mol. The molecule has 0 unspecified atom stereocenters. The zero-order valence-corrected chi connectivity index (χ0v) is 16.6. The minimum atomic E-state index is -0.428. The van der Waals surface area contributed by atoms with Crippen LogP contribution in [-0.2, 0) is 13.0 Å². The third kappa shape index (κ3) is 4.07. The summed E-state index contributed by atoms with van der Waals surface area (Å²) in [7, 11) is 0. The van der Waals surface area contributed by atoms with Crippen molar-refractivity contribution in [3.05, 3.63) is 58.0 Å². The van der Waals surface area contributed by atoms with Crippen LogP contribution in [0.25, 0.3) is 11.0 Å². The molecule has 0 saturated heterocycles. The lowest BCUT2D eigenvalue weighted by Crippen LogP contribution is -2.32. The number of fused-ring (bicyclic) bond motifs is 2. The highest BCUT2D eigenvalue weighted by molar-refractivity contribution is 5.93. The Morgan fingerprint density at radius 2 is 2.10 bits per heavy atom. The summed E-state index contributed by atoms with van der Waals surface area (Å²) in [5.74, 6) is 1.57. The van der Waals surface area contributed by atoms with Crippen LogP contribution in [0.1, 0.15) is 48.5 Å². The predicted octanol–water partition coefficient (Wildman–Crippen LogP) is 2.05. The van der Waals surface area contributed by atoms with Crippen molar-refractivity contribution in [2.45, 2.75) is 39.3 Å². The highest BCUT2D eigenvalue weighted by atomic mass is 16.3. The normalized spacial score (nSPS) is 15.1. The van der Waals surface area contributed by atoms with Crippen LogP contribution in [0.5, 0.6) is 0 Å². The summed E-state index contributed by atoms with van der Waals surface area (Å²) in [6.07, 6.45) is 1.50. The molecule has 1 amide bonds. The van der Waals surface area contributed by atoms with E-state index >= 15 is 0 Å². The summed E-state index contributed by atoms with van der Waals surface area (Å²) >= 11 is 0. The van der Waals surface area contributed by atoms with Gasteiger partial charge in [0.2, 0.25) is 0 Å². The van der Waals surface area contributed by atoms with E-state index < -0.39 is 5.91 Å². The topological polar surface area (TPSA) is 102 Å². The van der Waals surface area contributed by atoms with Gasteiger partial charge in [-0.15, -0.1) is 10.2 Å². The van der Waals surface area contributed by atoms with Gasteiger partial charge in [-0.1, -0.05) is 26.0 Å². The van der Waals surface area contributed by atoms with Crippen molar-refractivity contribution < 1.29 is 9.21 Å². The van der Waals surface area contributed by atoms with Crippen molar-refractivity contribution in [1.29, 1.82) is 0 Å². The van der Waals surface area contributed by atoms with E-state index in [0.29, 0.717) is 23.3 Å². The Kier molecular flexibility index (Phi) is 5.44. The predicted molar refractivity (Wildman–Crippen MR) is 109 cm³/mol. The van der Waals surface area contributed by atoms with Gasteiger partial charge in [-0.2, -0.15) is 0 Å². The summed E-state index contributed by atoms with van der Waals surface area (Å²) in [6.45, 7) is 6.64. The molecule has 1 aromatic carbocycles. The third-order valence-electron chi connectivity index (χ3n) is 5.08. The van der Waals surface area contributed by atoms with Crippen LogP contribution in [0.3, 0.4) is 0 Å². The Bertz CT molecular complexity index is 1090. The molecule has 0 aliphatic carbocycles. The van der Waals surface area contributed by atoms with Crippen molar-refractivity contribution >= 4 is 16.9 Å². The summed E-state index contributed by atoms with van der Waals surface area (Å²) in [5.41, 5.74) is 0.160. The first-order chi connectivity index (χ1) is 14.0. The number of hydrogen-bond donors (Lipinski definition) is 2. The summed E-state index contributed by atoms with van der Waals surface area (Å²) in [6, 6.07) is 7.84. The molecule has 0 saturated carbocycles. The van der Waals surface area contributed by atoms with E-state index in [4.69, 9.17) is 4.42 Å². The average Bonchev–Trinajstić information content (AvgIpc) is 2.95. The molecular formula is C21H25N5O3. The van der Waals surface area contributed by atoms with Gasteiger partial charge in [0.25, 0.3) is 5.91 Å². The summed E-state index contributed by atoms with van der Waals surface area (Å²) in [5, 5.41) is 15.5. The van der Waals surface area contributed by atoms with Gasteiger partial charge in [0, 0.05) is 32.1 Å². The van der Waals surface area contributed by atoms with E-state index in [2.05, 4.69) is 39.2 Å². The average molecular weight is 395 g/mol. The molecule has 0 bridgehead atoms. The van der Waals surface area contributed by atoms with E-state index in [9.17, 15) is 9.59 Å². The quantitative estimate of drug-likeness (QED) is 0.686. The molecule has 3 heterocycles. The maximum atomic E-state index is 13.0. The third-order valence-corrected chi connectivity index (χ3v) is 5.08. The fourth-order valence-electron chi connectivity index (χ4n) is 3.70. The molecule has 8 nitrogen and oxygen atoms in total. The highest BCUT2D eigenvalue weighted by Gasteiger charge is 2.26. The van der Waals surface area contributed by atoms with Crippen LogP contribution in [0.15, 0.2) is 39.5 Å². The number of nitrogens with one attached hydrogen (secondary N) is 2. The Hall–Kier alpha value is -3.00. The lowest BCUT2D eigenvalue weighted by Gasteiger charge is -2.21. The molecule has 29 heavy (non-hydrogen) atoms. The first-order valence-electron chi connectivity index (χ1n) is 9.99. The second-order valence-corrected chi connectivity index (χ2v) is 7.75. The van der Waals surface area contributed by atoms with Crippen molar-refractivity contribution in [1.82, 2.24) is 25.4 Å². The molecule has 8 heteroatoms. The van der Waals surface area contributed by atoms with Crippen LogP contribution >= 0.6 is 0 Å². The van der Waals surface area contributed by atoms with Gasteiger partial charge in [0.05, 0.1) is 11.4 Å². The molecule has 0 spiro atoms. The molecule has 152 valence electrons. The number of nitrogens with zero attached hydrogens (tertiary/aromatic N) is 3. The highest BCUT2D eigenvalue weighted by Crippen LogP contribution is 2.22. The van der Waals surface area contributed by atoms with Crippen LogP contribution in [0, 0.1) is 5.92 Å². The number of rotatable bonds is 5. The van der Waals surface area contributed by atoms with Crippen molar-refractivity contribution in [2.24, 2.45) is 5.92 Å². The van der Waals surface area contributed by atoms with Gasteiger partial charge in [-0.05, 0) is 24.5 Å². The van der Waals surface area contributed by atoms with Crippen LogP contribution in [0.4, 0.5) is 0 Å². The molecule has 1 atom stereocenters. The largest absolute Gasteiger partial charge is 0.451 e.